The van der Waals surface area contributed by atoms with Crippen molar-refractivity contribution >= 4 is 31.5 Å². The Kier molecular flexibility index (Phi) is 7.18. The molecule has 0 aromatic heterocycles. The molecular formula is C22H28N2O5S2. The fraction of sp³-hybridized carbons (Fsp3) is 0.409. The standard InChI is InChI=1S/C22H28N2O5S2/c1-16-10-11-21(14-17(16)2)31(28,29)23-13-12-22(25)24-18-6-5-9-20(15-18)30(26,27)19-7-3-4-8-19/h5-6,9-11,14-15,19,23H,3-4,7-8,12-13H2,1-2H3,(H,24,25). The normalized spacial score (nSPS) is 15.2. The zero-order valence-corrected chi connectivity index (χ0v) is 19.4. The van der Waals surface area contributed by atoms with Gasteiger partial charge in [-0.2, -0.15) is 0 Å². The van der Waals surface area contributed by atoms with Crippen LogP contribution in [0, 0.1) is 13.8 Å². The third-order valence-electron chi connectivity index (χ3n) is 5.62. The predicted octanol–water partition coefficient (Wildman–Crippen LogP) is 3.33. The Labute approximate surface area is 184 Å². The third-order valence-corrected chi connectivity index (χ3v) is 9.34. The average Bonchev–Trinajstić information content (AvgIpc) is 3.26. The third kappa shape index (κ3) is 5.72. The molecule has 1 amide bonds. The van der Waals surface area contributed by atoms with Gasteiger partial charge in [-0.15, -0.1) is 0 Å². The van der Waals surface area contributed by atoms with E-state index < -0.39 is 25.8 Å². The van der Waals surface area contributed by atoms with Crippen LogP contribution in [0.25, 0.3) is 0 Å². The molecule has 0 radical (unpaired) electrons. The zero-order valence-electron chi connectivity index (χ0n) is 17.7. The first kappa shape index (κ1) is 23.4. The molecule has 1 saturated carbocycles. The molecule has 1 fully saturated rings. The Morgan fingerprint density at radius 3 is 2.32 bits per heavy atom. The summed E-state index contributed by atoms with van der Waals surface area (Å²) < 4.78 is 52.7. The van der Waals surface area contributed by atoms with Crippen molar-refractivity contribution in [1.29, 1.82) is 0 Å². The number of rotatable bonds is 8. The van der Waals surface area contributed by atoms with Gasteiger partial charge in [0.15, 0.2) is 9.84 Å². The maximum Gasteiger partial charge on any atom is 0.240 e. The van der Waals surface area contributed by atoms with Gasteiger partial charge in [-0.1, -0.05) is 25.0 Å². The minimum Gasteiger partial charge on any atom is -0.326 e. The summed E-state index contributed by atoms with van der Waals surface area (Å²) >= 11 is 0. The summed E-state index contributed by atoms with van der Waals surface area (Å²) in [6.45, 7) is 3.67. The van der Waals surface area contributed by atoms with Crippen molar-refractivity contribution in [2.24, 2.45) is 0 Å². The Morgan fingerprint density at radius 1 is 0.935 bits per heavy atom. The van der Waals surface area contributed by atoms with E-state index in [0.29, 0.717) is 18.5 Å². The monoisotopic (exact) mass is 464 g/mol. The summed E-state index contributed by atoms with van der Waals surface area (Å²) in [5.41, 5.74) is 2.24. The van der Waals surface area contributed by atoms with E-state index in [2.05, 4.69) is 10.0 Å². The second kappa shape index (κ2) is 9.50. The Balaban J connectivity index is 1.58. The van der Waals surface area contributed by atoms with Crippen LogP contribution in [-0.4, -0.2) is 34.5 Å². The van der Waals surface area contributed by atoms with Gasteiger partial charge < -0.3 is 5.32 Å². The molecule has 2 aromatic carbocycles. The highest BCUT2D eigenvalue weighted by molar-refractivity contribution is 7.92. The molecule has 0 atom stereocenters. The number of anilines is 1. The van der Waals surface area contributed by atoms with Crippen molar-refractivity contribution in [3.8, 4) is 0 Å². The lowest BCUT2D eigenvalue weighted by molar-refractivity contribution is -0.116. The van der Waals surface area contributed by atoms with Gasteiger partial charge in [-0.25, -0.2) is 21.6 Å². The second-order valence-electron chi connectivity index (χ2n) is 7.92. The fourth-order valence-electron chi connectivity index (χ4n) is 3.63. The lowest BCUT2D eigenvalue weighted by Crippen LogP contribution is -2.28. The van der Waals surface area contributed by atoms with E-state index in [0.717, 1.165) is 24.0 Å². The van der Waals surface area contributed by atoms with Crippen LogP contribution in [0.5, 0.6) is 0 Å². The van der Waals surface area contributed by atoms with Crippen molar-refractivity contribution in [2.45, 2.75) is 61.0 Å². The summed E-state index contributed by atoms with van der Waals surface area (Å²) in [6, 6.07) is 11.1. The van der Waals surface area contributed by atoms with Crippen LogP contribution in [-0.2, 0) is 24.7 Å². The largest absolute Gasteiger partial charge is 0.326 e. The molecule has 2 aromatic rings. The van der Waals surface area contributed by atoms with E-state index >= 15 is 0 Å². The van der Waals surface area contributed by atoms with Crippen LogP contribution in [0.3, 0.4) is 0 Å². The summed E-state index contributed by atoms with van der Waals surface area (Å²) in [5.74, 6) is -0.404. The molecule has 2 N–H and O–H groups in total. The summed E-state index contributed by atoms with van der Waals surface area (Å²) in [7, 11) is -7.13. The number of sulfonamides is 1. The molecular weight excluding hydrogens is 436 g/mol. The first-order chi connectivity index (χ1) is 14.6. The van der Waals surface area contributed by atoms with E-state index in [4.69, 9.17) is 0 Å². The van der Waals surface area contributed by atoms with Crippen molar-refractivity contribution in [3.05, 3.63) is 53.6 Å². The summed E-state index contributed by atoms with van der Waals surface area (Å²) in [5, 5.41) is 2.29. The Morgan fingerprint density at radius 2 is 1.65 bits per heavy atom. The van der Waals surface area contributed by atoms with Gasteiger partial charge in [0.05, 0.1) is 15.0 Å². The van der Waals surface area contributed by atoms with Gasteiger partial charge in [0.2, 0.25) is 15.9 Å². The number of hydrogen-bond donors (Lipinski definition) is 2. The minimum absolute atomic E-state index is 0.0683. The van der Waals surface area contributed by atoms with Crippen molar-refractivity contribution in [2.75, 3.05) is 11.9 Å². The number of hydrogen-bond acceptors (Lipinski definition) is 5. The molecule has 168 valence electrons. The van der Waals surface area contributed by atoms with Crippen LogP contribution >= 0.6 is 0 Å². The molecule has 7 nitrogen and oxygen atoms in total. The number of amides is 1. The predicted molar refractivity (Wildman–Crippen MR) is 120 cm³/mol. The molecule has 0 heterocycles. The first-order valence-electron chi connectivity index (χ1n) is 10.3. The Hall–Kier alpha value is -2.23. The van der Waals surface area contributed by atoms with Gasteiger partial charge in [0, 0.05) is 18.7 Å². The van der Waals surface area contributed by atoms with Crippen molar-refractivity contribution < 1.29 is 21.6 Å². The van der Waals surface area contributed by atoms with E-state index in [1.807, 2.05) is 13.8 Å². The second-order valence-corrected chi connectivity index (χ2v) is 11.9. The zero-order chi connectivity index (χ0) is 22.6. The highest BCUT2D eigenvalue weighted by atomic mass is 32.2. The number of carbonyl (C=O) groups excluding carboxylic acids is 1. The maximum atomic E-state index is 12.7. The molecule has 0 aliphatic heterocycles. The van der Waals surface area contributed by atoms with Crippen molar-refractivity contribution in [3.63, 3.8) is 0 Å². The van der Waals surface area contributed by atoms with E-state index in [1.165, 1.54) is 12.1 Å². The number of aryl methyl sites for hydroxylation is 2. The SMILES string of the molecule is Cc1ccc(S(=O)(=O)NCCC(=O)Nc2cccc(S(=O)(=O)C3CCCC3)c2)cc1C. The lowest BCUT2D eigenvalue weighted by Gasteiger charge is -2.13. The molecule has 3 rings (SSSR count). The van der Waals surface area contributed by atoms with Crippen LogP contribution in [0.15, 0.2) is 52.3 Å². The molecule has 31 heavy (non-hydrogen) atoms. The minimum atomic E-state index is -3.71. The van der Waals surface area contributed by atoms with Crippen LogP contribution in [0.2, 0.25) is 0 Å². The van der Waals surface area contributed by atoms with Gasteiger partial charge in [0.1, 0.15) is 0 Å². The highest BCUT2D eigenvalue weighted by Crippen LogP contribution is 2.30. The van der Waals surface area contributed by atoms with Gasteiger partial charge in [-0.05, 0) is 68.1 Å². The molecule has 0 unspecified atom stereocenters. The molecule has 1 aliphatic rings. The van der Waals surface area contributed by atoms with E-state index in [9.17, 15) is 21.6 Å². The smallest absolute Gasteiger partial charge is 0.240 e. The maximum absolute atomic E-state index is 12.7. The number of carbonyl (C=O) groups is 1. The molecule has 9 heteroatoms. The highest BCUT2D eigenvalue weighted by Gasteiger charge is 2.30. The topological polar surface area (TPSA) is 109 Å². The van der Waals surface area contributed by atoms with Crippen LogP contribution in [0.4, 0.5) is 5.69 Å². The molecule has 0 spiro atoms. The Bertz CT molecular complexity index is 1170. The van der Waals surface area contributed by atoms with E-state index in [1.54, 1.807) is 30.3 Å². The van der Waals surface area contributed by atoms with Gasteiger partial charge in [0.25, 0.3) is 0 Å². The first-order valence-corrected chi connectivity index (χ1v) is 13.3. The van der Waals surface area contributed by atoms with Crippen molar-refractivity contribution in [1.82, 2.24) is 4.72 Å². The van der Waals surface area contributed by atoms with Crippen LogP contribution < -0.4 is 10.0 Å². The summed E-state index contributed by atoms with van der Waals surface area (Å²) in [4.78, 5) is 12.6. The molecule has 1 aliphatic carbocycles. The van der Waals surface area contributed by atoms with E-state index in [-0.39, 0.29) is 28.0 Å². The quantitative estimate of drug-likeness (QED) is 0.623. The average molecular weight is 465 g/mol. The lowest BCUT2D eigenvalue weighted by atomic mass is 10.1. The number of sulfone groups is 1. The van der Waals surface area contributed by atoms with Gasteiger partial charge in [-0.3, -0.25) is 4.79 Å². The summed E-state index contributed by atoms with van der Waals surface area (Å²) in [6.07, 6.45) is 3.08. The number of benzene rings is 2. The molecule has 0 bridgehead atoms. The van der Waals surface area contributed by atoms with Crippen LogP contribution in [0.1, 0.15) is 43.2 Å². The fourth-order valence-corrected chi connectivity index (χ4v) is 6.64. The number of nitrogens with one attached hydrogen (secondary N) is 2. The van der Waals surface area contributed by atoms with Gasteiger partial charge >= 0.3 is 0 Å². The molecule has 0 saturated heterocycles.